The highest BCUT2D eigenvalue weighted by atomic mass is 16.5. The Morgan fingerprint density at radius 3 is 2.68 bits per heavy atom. The molecule has 0 atom stereocenters. The first kappa shape index (κ1) is 13.9. The van der Waals surface area contributed by atoms with Crippen molar-refractivity contribution in [2.24, 2.45) is 5.92 Å². The molecule has 0 saturated heterocycles. The van der Waals surface area contributed by atoms with Crippen LogP contribution < -0.4 is 9.47 Å². The quantitative estimate of drug-likeness (QED) is 0.785. The number of carbonyl (C=O) groups is 1. The minimum Gasteiger partial charge on any atom is -0.497 e. The maximum atomic E-state index is 12.0. The first-order valence-electron chi connectivity index (χ1n) is 7.09. The highest BCUT2D eigenvalue weighted by molar-refractivity contribution is 5.81. The summed E-state index contributed by atoms with van der Waals surface area (Å²) in [7, 11) is 1.63. The zero-order valence-corrected chi connectivity index (χ0v) is 11.6. The molecule has 1 aromatic rings. The molecule has 0 spiro atoms. The Morgan fingerprint density at radius 1 is 1.21 bits per heavy atom. The predicted molar refractivity (Wildman–Crippen MR) is 74.7 cm³/mol. The summed E-state index contributed by atoms with van der Waals surface area (Å²) in [5.41, 5.74) is 0. The van der Waals surface area contributed by atoms with Gasteiger partial charge in [0.1, 0.15) is 17.3 Å². The number of carbonyl (C=O) groups excluding carboxylic acids is 1. The third-order valence-corrected chi connectivity index (χ3v) is 3.72. The van der Waals surface area contributed by atoms with Gasteiger partial charge in [-0.15, -0.1) is 0 Å². The van der Waals surface area contributed by atoms with Crippen molar-refractivity contribution in [3.63, 3.8) is 0 Å². The molecule has 0 aromatic heterocycles. The molecule has 104 valence electrons. The molecule has 0 bridgehead atoms. The van der Waals surface area contributed by atoms with Gasteiger partial charge < -0.3 is 9.47 Å². The van der Waals surface area contributed by atoms with E-state index in [0.717, 1.165) is 24.3 Å². The molecule has 0 radical (unpaired) electrons. The molecule has 0 aliphatic heterocycles. The molecule has 3 heteroatoms. The van der Waals surface area contributed by atoms with E-state index in [1.807, 2.05) is 24.3 Å². The second-order valence-corrected chi connectivity index (χ2v) is 5.08. The number of ketones is 1. The smallest absolute Gasteiger partial charge is 0.139 e. The summed E-state index contributed by atoms with van der Waals surface area (Å²) in [5, 5.41) is 0. The summed E-state index contributed by atoms with van der Waals surface area (Å²) in [6, 6.07) is 7.48. The second-order valence-electron chi connectivity index (χ2n) is 5.08. The molecular weight excluding hydrogens is 240 g/mol. The Hall–Kier alpha value is -1.51. The molecule has 0 heterocycles. The molecule has 0 amide bonds. The number of methoxy groups -OCH3 is 1. The summed E-state index contributed by atoms with van der Waals surface area (Å²) in [4.78, 5) is 12.0. The molecule has 0 N–H and O–H groups in total. The van der Waals surface area contributed by atoms with Crippen molar-refractivity contribution < 1.29 is 14.3 Å². The molecule has 0 unspecified atom stereocenters. The molecule has 1 aliphatic carbocycles. The van der Waals surface area contributed by atoms with Crippen molar-refractivity contribution in [2.75, 3.05) is 13.7 Å². The Kier molecular flexibility index (Phi) is 5.25. The summed E-state index contributed by atoms with van der Waals surface area (Å²) >= 11 is 0. The van der Waals surface area contributed by atoms with Gasteiger partial charge >= 0.3 is 0 Å². The van der Waals surface area contributed by atoms with Crippen molar-refractivity contribution in [2.45, 2.75) is 38.5 Å². The van der Waals surface area contributed by atoms with Gasteiger partial charge in [-0.2, -0.15) is 0 Å². The molecule has 1 saturated carbocycles. The summed E-state index contributed by atoms with van der Waals surface area (Å²) in [6.45, 7) is 0.461. The molecule has 2 rings (SSSR count). The van der Waals surface area contributed by atoms with Gasteiger partial charge in [-0.05, 0) is 25.0 Å². The first-order chi connectivity index (χ1) is 9.29. The fourth-order valence-electron chi connectivity index (χ4n) is 2.59. The molecule has 1 aliphatic rings. The van der Waals surface area contributed by atoms with Crippen LogP contribution >= 0.6 is 0 Å². The fraction of sp³-hybridized carbons (Fsp3) is 0.562. The third-order valence-electron chi connectivity index (χ3n) is 3.72. The molecular formula is C16H22O3. The van der Waals surface area contributed by atoms with Crippen LogP contribution in [0.4, 0.5) is 0 Å². The fourth-order valence-corrected chi connectivity index (χ4v) is 2.59. The number of benzene rings is 1. The maximum absolute atomic E-state index is 12.0. The monoisotopic (exact) mass is 262 g/mol. The minimum absolute atomic E-state index is 0.280. The largest absolute Gasteiger partial charge is 0.497 e. The van der Waals surface area contributed by atoms with Crippen LogP contribution in [0.5, 0.6) is 11.5 Å². The topological polar surface area (TPSA) is 35.5 Å². The predicted octanol–water partition coefficient (Wildman–Crippen LogP) is 3.61. The average Bonchev–Trinajstić information content (AvgIpc) is 2.48. The van der Waals surface area contributed by atoms with E-state index in [4.69, 9.17) is 9.47 Å². The number of hydrogen-bond donors (Lipinski definition) is 0. The summed E-state index contributed by atoms with van der Waals surface area (Å²) in [6.07, 6.45) is 6.34. The van der Waals surface area contributed by atoms with Gasteiger partial charge in [-0.1, -0.05) is 25.3 Å². The first-order valence-corrected chi connectivity index (χ1v) is 7.09. The van der Waals surface area contributed by atoms with Gasteiger partial charge in [0, 0.05) is 18.4 Å². The van der Waals surface area contributed by atoms with Crippen LogP contribution in [0.2, 0.25) is 0 Å². The normalized spacial score (nSPS) is 16.1. The minimum atomic E-state index is 0.280. The standard InChI is InChI=1S/C16H22O3/c1-18-14-8-5-9-15(12-14)19-11-10-16(17)13-6-3-2-4-7-13/h5,8-9,12-13H,2-4,6-7,10-11H2,1H3. The Labute approximate surface area is 114 Å². The van der Waals surface area contributed by atoms with E-state index in [1.165, 1.54) is 19.3 Å². The van der Waals surface area contributed by atoms with Crippen molar-refractivity contribution in [1.29, 1.82) is 0 Å². The molecule has 1 aromatic carbocycles. The summed E-state index contributed by atoms with van der Waals surface area (Å²) < 4.78 is 10.7. The maximum Gasteiger partial charge on any atom is 0.139 e. The van der Waals surface area contributed by atoms with Gasteiger partial charge in [0.25, 0.3) is 0 Å². The number of Topliss-reactive ketones (excluding diaryl/α,β-unsaturated/α-hetero) is 1. The lowest BCUT2D eigenvalue weighted by Gasteiger charge is -2.20. The zero-order valence-electron chi connectivity index (χ0n) is 11.6. The lowest BCUT2D eigenvalue weighted by molar-refractivity contribution is -0.124. The van der Waals surface area contributed by atoms with Crippen LogP contribution in [0.15, 0.2) is 24.3 Å². The number of ether oxygens (including phenoxy) is 2. The van der Waals surface area contributed by atoms with Crippen LogP contribution in [0.25, 0.3) is 0 Å². The van der Waals surface area contributed by atoms with E-state index in [2.05, 4.69) is 0 Å². The molecule has 1 fully saturated rings. The van der Waals surface area contributed by atoms with E-state index >= 15 is 0 Å². The van der Waals surface area contributed by atoms with Gasteiger partial charge in [0.15, 0.2) is 0 Å². The van der Waals surface area contributed by atoms with E-state index < -0.39 is 0 Å². The SMILES string of the molecule is COc1cccc(OCCC(=O)C2CCCCC2)c1. The van der Waals surface area contributed by atoms with E-state index in [1.54, 1.807) is 7.11 Å². The Morgan fingerprint density at radius 2 is 1.95 bits per heavy atom. The molecule has 3 nitrogen and oxygen atoms in total. The lowest BCUT2D eigenvalue weighted by Crippen LogP contribution is -2.19. The Balaban J connectivity index is 1.74. The van der Waals surface area contributed by atoms with E-state index in [9.17, 15) is 4.79 Å². The summed E-state index contributed by atoms with van der Waals surface area (Å²) in [5.74, 6) is 2.18. The van der Waals surface area contributed by atoms with Crippen LogP contribution in [0.1, 0.15) is 38.5 Å². The Bertz CT molecular complexity index is 408. The second kappa shape index (κ2) is 7.17. The zero-order chi connectivity index (χ0) is 13.5. The van der Waals surface area contributed by atoms with Gasteiger partial charge in [0.05, 0.1) is 13.7 Å². The van der Waals surface area contributed by atoms with Gasteiger partial charge in [0.2, 0.25) is 0 Å². The number of hydrogen-bond acceptors (Lipinski definition) is 3. The van der Waals surface area contributed by atoms with Crippen molar-refractivity contribution in [3.8, 4) is 11.5 Å². The average molecular weight is 262 g/mol. The van der Waals surface area contributed by atoms with E-state index in [0.29, 0.717) is 18.8 Å². The van der Waals surface area contributed by atoms with Crippen LogP contribution in [0.3, 0.4) is 0 Å². The van der Waals surface area contributed by atoms with Crippen LogP contribution in [-0.4, -0.2) is 19.5 Å². The number of rotatable bonds is 6. The van der Waals surface area contributed by atoms with E-state index in [-0.39, 0.29) is 5.92 Å². The van der Waals surface area contributed by atoms with Crippen LogP contribution in [0, 0.1) is 5.92 Å². The third kappa shape index (κ3) is 4.27. The highest BCUT2D eigenvalue weighted by Crippen LogP contribution is 2.25. The van der Waals surface area contributed by atoms with Gasteiger partial charge in [-0.25, -0.2) is 0 Å². The van der Waals surface area contributed by atoms with Crippen molar-refractivity contribution >= 4 is 5.78 Å². The van der Waals surface area contributed by atoms with Crippen molar-refractivity contribution in [1.82, 2.24) is 0 Å². The van der Waals surface area contributed by atoms with Crippen molar-refractivity contribution in [3.05, 3.63) is 24.3 Å². The highest BCUT2D eigenvalue weighted by Gasteiger charge is 2.20. The van der Waals surface area contributed by atoms with Gasteiger partial charge in [-0.3, -0.25) is 4.79 Å². The van der Waals surface area contributed by atoms with Crippen LogP contribution in [-0.2, 0) is 4.79 Å². The lowest BCUT2D eigenvalue weighted by atomic mass is 9.85. The molecule has 19 heavy (non-hydrogen) atoms.